The van der Waals surface area contributed by atoms with E-state index >= 15 is 0 Å². The zero-order valence-corrected chi connectivity index (χ0v) is 4.63. The summed E-state index contributed by atoms with van der Waals surface area (Å²) in [5.74, 6) is -2.44. The SMILES string of the molecule is C=C(CC(=O)O)C(=O)O.[KH]. The van der Waals surface area contributed by atoms with Gasteiger partial charge in [0.15, 0.2) is 0 Å². The first-order valence-electron chi connectivity index (χ1n) is 2.17. The first kappa shape index (κ1) is 12.9. The number of carbonyl (C=O) groups is 2. The summed E-state index contributed by atoms with van der Waals surface area (Å²) in [4.78, 5) is 19.7. The molecule has 0 saturated carbocycles. The van der Waals surface area contributed by atoms with Gasteiger partial charge in [0, 0.05) is 5.57 Å². The molecule has 0 radical (unpaired) electrons. The van der Waals surface area contributed by atoms with Gasteiger partial charge in [0.05, 0.1) is 6.42 Å². The monoisotopic (exact) mass is 170 g/mol. The summed E-state index contributed by atoms with van der Waals surface area (Å²) < 4.78 is 0. The van der Waals surface area contributed by atoms with E-state index in [1.54, 1.807) is 0 Å². The molecule has 0 aliphatic heterocycles. The normalized spacial score (nSPS) is 7.60. The van der Waals surface area contributed by atoms with E-state index in [1.807, 2.05) is 0 Å². The van der Waals surface area contributed by atoms with Gasteiger partial charge in [-0.25, -0.2) is 4.79 Å². The Kier molecular flexibility index (Phi) is 7.84. The first-order chi connectivity index (χ1) is 4.04. The van der Waals surface area contributed by atoms with Crippen LogP contribution in [0.1, 0.15) is 6.42 Å². The molecular weight excluding hydrogens is 163 g/mol. The standard InChI is InChI=1S/C5H6O4.K.H/c1-3(5(8)9)2-4(6)7;;/h1-2H2,(H,6,7)(H,8,9);;. The second-order valence-electron chi connectivity index (χ2n) is 1.48. The van der Waals surface area contributed by atoms with Crippen LogP contribution in [0, 0.1) is 0 Å². The van der Waals surface area contributed by atoms with Crippen LogP contribution in [0.3, 0.4) is 0 Å². The van der Waals surface area contributed by atoms with Crippen LogP contribution in [0.5, 0.6) is 0 Å². The maximum atomic E-state index is 9.87. The number of carboxylic acid groups (broad SMARTS) is 2. The van der Waals surface area contributed by atoms with Crippen LogP contribution in [0.15, 0.2) is 12.2 Å². The van der Waals surface area contributed by atoms with Crippen LogP contribution < -0.4 is 0 Å². The zero-order valence-electron chi connectivity index (χ0n) is 4.63. The van der Waals surface area contributed by atoms with Crippen molar-refractivity contribution in [3.05, 3.63) is 12.2 Å². The van der Waals surface area contributed by atoms with Gasteiger partial charge in [0.25, 0.3) is 0 Å². The quantitative estimate of drug-likeness (QED) is 0.440. The Hall–Kier alpha value is 0.316. The summed E-state index contributed by atoms with van der Waals surface area (Å²) in [5, 5.41) is 16.1. The average Bonchev–Trinajstić information content (AvgIpc) is 1.63. The van der Waals surface area contributed by atoms with Gasteiger partial charge in [-0.05, 0) is 0 Å². The molecule has 0 unspecified atom stereocenters. The average molecular weight is 170 g/mol. The number of hydrogen-bond donors (Lipinski definition) is 2. The van der Waals surface area contributed by atoms with Crippen molar-refractivity contribution in [3.63, 3.8) is 0 Å². The van der Waals surface area contributed by atoms with Crippen molar-refractivity contribution >= 4 is 63.3 Å². The van der Waals surface area contributed by atoms with Gasteiger partial charge in [-0.3, -0.25) is 4.79 Å². The van der Waals surface area contributed by atoms with Crippen molar-refractivity contribution in [2.24, 2.45) is 0 Å². The molecule has 0 atom stereocenters. The van der Waals surface area contributed by atoms with Gasteiger partial charge in [0.2, 0.25) is 0 Å². The molecule has 0 aromatic rings. The van der Waals surface area contributed by atoms with Gasteiger partial charge in [-0.1, -0.05) is 6.58 Å². The van der Waals surface area contributed by atoms with Gasteiger partial charge in [-0.2, -0.15) is 0 Å². The minimum atomic E-state index is -1.27. The van der Waals surface area contributed by atoms with Crippen LogP contribution in [0.2, 0.25) is 0 Å². The molecule has 0 fully saturated rings. The van der Waals surface area contributed by atoms with Crippen LogP contribution in [-0.2, 0) is 9.59 Å². The second kappa shape index (κ2) is 6.05. The van der Waals surface area contributed by atoms with Crippen molar-refractivity contribution in [3.8, 4) is 0 Å². The Labute approximate surface area is 100 Å². The Bertz CT molecular complexity index is 163. The number of aliphatic carboxylic acids is 2. The van der Waals surface area contributed by atoms with Crippen LogP contribution >= 0.6 is 0 Å². The van der Waals surface area contributed by atoms with Gasteiger partial charge < -0.3 is 10.2 Å². The Morgan fingerprint density at radius 3 is 1.80 bits per heavy atom. The number of carboxylic acids is 2. The van der Waals surface area contributed by atoms with Crippen LogP contribution in [0.4, 0.5) is 0 Å². The molecule has 2 N–H and O–H groups in total. The van der Waals surface area contributed by atoms with Gasteiger partial charge in [0.1, 0.15) is 0 Å². The van der Waals surface area contributed by atoms with Crippen LogP contribution in [-0.4, -0.2) is 73.5 Å². The number of rotatable bonds is 3. The van der Waals surface area contributed by atoms with E-state index in [0.29, 0.717) is 0 Å². The van der Waals surface area contributed by atoms with Crippen LogP contribution in [0.25, 0.3) is 0 Å². The molecule has 0 spiro atoms. The van der Waals surface area contributed by atoms with E-state index in [2.05, 4.69) is 6.58 Å². The molecule has 0 bridgehead atoms. The second-order valence-corrected chi connectivity index (χ2v) is 1.48. The minimum absolute atomic E-state index is 0. The Morgan fingerprint density at radius 1 is 1.30 bits per heavy atom. The molecule has 0 rings (SSSR count). The van der Waals surface area contributed by atoms with E-state index < -0.39 is 18.4 Å². The van der Waals surface area contributed by atoms with E-state index in [0.717, 1.165) is 0 Å². The molecule has 5 heteroatoms. The maximum absolute atomic E-state index is 9.87. The topological polar surface area (TPSA) is 74.6 Å². The van der Waals surface area contributed by atoms with Crippen molar-refractivity contribution in [1.82, 2.24) is 0 Å². The Morgan fingerprint density at radius 2 is 1.70 bits per heavy atom. The molecule has 10 heavy (non-hydrogen) atoms. The third-order valence-corrected chi connectivity index (χ3v) is 0.667. The van der Waals surface area contributed by atoms with Crippen molar-refractivity contribution in [2.45, 2.75) is 6.42 Å². The summed E-state index contributed by atoms with van der Waals surface area (Å²) in [6, 6.07) is 0. The van der Waals surface area contributed by atoms with Crippen molar-refractivity contribution in [2.75, 3.05) is 0 Å². The fraction of sp³-hybridized carbons (Fsp3) is 0.200. The zero-order chi connectivity index (χ0) is 7.44. The summed E-state index contributed by atoms with van der Waals surface area (Å²) in [5.41, 5.74) is -0.303. The van der Waals surface area contributed by atoms with E-state index in [9.17, 15) is 9.59 Å². The summed E-state index contributed by atoms with van der Waals surface area (Å²) >= 11 is 0. The fourth-order valence-electron chi connectivity index (χ4n) is 0.258. The molecule has 0 aliphatic carbocycles. The van der Waals surface area contributed by atoms with E-state index in [-0.39, 0.29) is 57.0 Å². The fourth-order valence-corrected chi connectivity index (χ4v) is 0.258. The predicted octanol–water partition coefficient (Wildman–Crippen LogP) is -0.547. The van der Waals surface area contributed by atoms with Crippen molar-refractivity contribution in [1.29, 1.82) is 0 Å². The first-order valence-corrected chi connectivity index (χ1v) is 2.17. The predicted molar refractivity (Wildman–Crippen MR) is 36.2 cm³/mol. The van der Waals surface area contributed by atoms with Crippen molar-refractivity contribution < 1.29 is 19.8 Å². The molecule has 0 heterocycles. The van der Waals surface area contributed by atoms with E-state index in [4.69, 9.17) is 10.2 Å². The molecule has 4 nitrogen and oxygen atoms in total. The molecular formula is C5H7KO4. The summed E-state index contributed by atoms with van der Waals surface area (Å²) in [6.07, 6.45) is -0.505. The van der Waals surface area contributed by atoms with E-state index in [1.165, 1.54) is 0 Å². The third-order valence-electron chi connectivity index (χ3n) is 0.667. The molecule has 0 aliphatic rings. The summed E-state index contributed by atoms with van der Waals surface area (Å²) in [7, 11) is 0. The molecule has 0 saturated heterocycles. The molecule has 0 aromatic heterocycles. The molecule has 52 valence electrons. The summed E-state index contributed by atoms with van der Waals surface area (Å²) in [6.45, 7) is 3.01. The molecule has 0 aromatic carbocycles. The van der Waals surface area contributed by atoms with Gasteiger partial charge in [-0.15, -0.1) is 0 Å². The van der Waals surface area contributed by atoms with Gasteiger partial charge >= 0.3 is 63.3 Å². The third kappa shape index (κ3) is 6.44. The Balaban J connectivity index is 0. The number of hydrogen-bond acceptors (Lipinski definition) is 2. The molecule has 0 amide bonds.